The number of hydrogen-bond acceptors (Lipinski definition) is 2. The average Bonchev–Trinajstić information content (AvgIpc) is 2.35. The summed E-state index contributed by atoms with van der Waals surface area (Å²) in [5, 5.41) is 8.92. The van der Waals surface area contributed by atoms with E-state index in [1.54, 1.807) is 6.92 Å². The molecule has 0 saturated heterocycles. The smallest absolute Gasteiger partial charge is 0.151 e. The van der Waals surface area contributed by atoms with Crippen molar-refractivity contribution in [1.29, 1.82) is 0 Å². The second kappa shape index (κ2) is 4.97. The molecule has 1 aliphatic rings. The predicted molar refractivity (Wildman–Crippen MR) is 53.3 cm³/mol. The van der Waals surface area contributed by atoms with Gasteiger partial charge in [-0.05, 0) is 37.5 Å². The van der Waals surface area contributed by atoms with E-state index in [1.165, 1.54) is 12.8 Å². The van der Waals surface area contributed by atoms with Gasteiger partial charge in [0.25, 0.3) is 0 Å². The van der Waals surface area contributed by atoms with Gasteiger partial charge in [0.1, 0.15) is 0 Å². The van der Waals surface area contributed by atoms with Gasteiger partial charge >= 0.3 is 0 Å². The highest BCUT2D eigenvalue weighted by atomic mass is 16.6. The highest BCUT2D eigenvalue weighted by Gasteiger charge is 2.29. The van der Waals surface area contributed by atoms with Gasteiger partial charge in [0.05, 0.1) is 0 Å². The van der Waals surface area contributed by atoms with Crippen LogP contribution in [0.1, 0.15) is 40.0 Å². The SMILES string of the molecule is CC(O)OCCC1CCC(C)C1C. The average molecular weight is 186 g/mol. The van der Waals surface area contributed by atoms with Crippen LogP contribution in [0.3, 0.4) is 0 Å². The molecule has 0 aromatic rings. The minimum absolute atomic E-state index is 0.603. The van der Waals surface area contributed by atoms with Crippen LogP contribution in [-0.2, 0) is 4.74 Å². The Morgan fingerprint density at radius 3 is 2.54 bits per heavy atom. The summed E-state index contributed by atoms with van der Waals surface area (Å²) in [5.41, 5.74) is 0. The summed E-state index contributed by atoms with van der Waals surface area (Å²) >= 11 is 0. The minimum atomic E-state index is -0.603. The zero-order valence-electron chi connectivity index (χ0n) is 8.99. The Morgan fingerprint density at radius 2 is 2.08 bits per heavy atom. The van der Waals surface area contributed by atoms with Crippen molar-refractivity contribution >= 4 is 0 Å². The van der Waals surface area contributed by atoms with Crippen LogP contribution < -0.4 is 0 Å². The fourth-order valence-corrected chi connectivity index (χ4v) is 2.26. The lowest BCUT2D eigenvalue weighted by molar-refractivity contribution is -0.0890. The molecule has 0 aromatic heterocycles. The van der Waals surface area contributed by atoms with Gasteiger partial charge in [-0.2, -0.15) is 0 Å². The van der Waals surface area contributed by atoms with E-state index in [2.05, 4.69) is 13.8 Å². The molecule has 2 nitrogen and oxygen atoms in total. The molecule has 0 aliphatic heterocycles. The zero-order chi connectivity index (χ0) is 9.84. The molecular formula is C11H22O2. The van der Waals surface area contributed by atoms with E-state index >= 15 is 0 Å². The van der Waals surface area contributed by atoms with E-state index in [1.807, 2.05) is 0 Å². The molecule has 4 unspecified atom stereocenters. The fourth-order valence-electron chi connectivity index (χ4n) is 2.26. The monoisotopic (exact) mass is 186 g/mol. The van der Waals surface area contributed by atoms with Gasteiger partial charge in [-0.1, -0.05) is 20.3 Å². The summed E-state index contributed by atoms with van der Waals surface area (Å²) in [6.07, 6.45) is 3.21. The first-order chi connectivity index (χ1) is 6.11. The Labute approximate surface area is 81.3 Å². The maximum Gasteiger partial charge on any atom is 0.151 e. The topological polar surface area (TPSA) is 29.5 Å². The van der Waals surface area contributed by atoms with Crippen molar-refractivity contribution in [3.63, 3.8) is 0 Å². The molecule has 13 heavy (non-hydrogen) atoms. The van der Waals surface area contributed by atoms with Crippen molar-refractivity contribution in [1.82, 2.24) is 0 Å². The second-order valence-corrected chi connectivity index (χ2v) is 4.43. The summed E-state index contributed by atoms with van der Waals surface area (Å²) in [7, 11) is 0. The largest absolute Gasteiger partial charge is 0.368 e. The third-order valence-corrected chi connectivity index (χ3v) is 3.48. The Balaban J connectivity index is 2.15. The number of aliphatic hydroxyl groups excluding tert-OH is 1. The lowest BCUT2D eigenvalue weighted by atomic mass is 9.90. The third kappa shape index (κ3) is 3.28. The van der Waals surface area contributed by atoms with Gasteiger partial charge in [0.15, 0.2) is 6.29 Å². The lowest BCUT2D eigenvalue weighted by Crippen LogP contribution is -2.14. The van der Waals surface area contributed by atoms with Crippen molar-refractivity contribution in [2.45, 2.75) is 46.3 Å². The van der Waals surface area contributed by atoms with Crippen LogP contribution >= 0.6 is 0 Å². The van der Waals surface area contributed by atoms with Crippen molar-refractivity contribution in [3.8, 4) is 0 Å². The van der Waals surface area contributed by atoms with E-state index in [-0.39, 0.29) is 0 Å². The van der Waals surface area contributed by atoms with Crippen LogP contribution in [0.25, 0.3) is 0 Å². The van der Waals surface area contributed by atoms with Crippen molar-refractivity contribution in [2.75, 3.05) is 6.61 Å². The summed E-state index contributed by atoms with van der Waals surface area (Å²) in [6, 6.07) is 0. The summed E-state index contributed by atoms with van der Waals surface area (Å²) in [4.78, 5) is 0. The molecule has 4 atom stereocenters. The molecule has 0 aromatic carbocycles. The van der Waals surface area contributed by atoms with Gasteiger partial charge in [0.2, 0.25) is 0 Å². The first kappa shape index (κ1) is 11.0. The Morgan fingerprint density at radius 1 is 1.38 bits per heavy atom. The van der Waals surface area contributed by atoms with Crippen molar-refractivity contribution in [3.05, 3.63) is 0 Å². The van der Waals surface area contributed by atoms with E-state index in [4.69, 9.17) is 9.84 Å². The molecular weight excluding hydrogens is 164 g/mol. The maximum atomic E-state index is 8.92. The first-order valence-electron chi connectivity index (χ1n) is 5.41. The van der Waals surface area contributed by atoms with Crippen LogP contribution in [0.2, 0.25) is 0 Å². The molecule has 1 aliphatic carbocycles. The lowest BCUT2D eigenvalue weighted by Gasteiger charge is -2.18. The van der Waals surface area contributed by atoms with Crippen LogP contribution in [0.5, 0.6) is 0 Å². The molecule has 0 bridgehead atoms. The van der Waals surface area contributed by atoms with Gasteiger partial charge < -0.3 is 9.84 Å². The van der Waals surface area contributed by atoms with Gasteiger partial charge in [-0.3, -0.25) is 0 Å². The van der Waals surface area contributed by atoms with Crippen LogP contribution in [0, 0.1) is 17.8 Å². The number of hydrogen-bond donors (Lipinski definition) is 1. The molecule has 0 spiro atoms. The molecule has 1 fully saturated rings. The first-order valence-corrected chi connectivity index (χ1v) is 5.41. The number of ether oxygens (including phenoxy) is 1. The third-order valence-electron chi connectivity index (χ3n) is 3.48. The van der Waals surface area contributed by atoms with Gasteiger partial charge in [0, 0.05) is 6.61 Å². The van der Waals surface area contributed by atoms with E-state index in [0.29, 0.717) is 6.61 Å². The van der Waals surface area contributed by atoms with Gasteiger partial charge in [-0.25, -0.2) is 0 Å². The predicted octanol–water partition coefficient (Wildman–Crippen LogP) is 2.41. The van der Waals surface area contributed by atoms with Crippen LogP contribution in [-0.4, -0.2) is 18.0 Å². The number of rotatable bonds is 4. The maximum absolute atomic E-state index is 8.92. The normalized spacial score (nSPS) is 36.5. The molecule has 0 amide bonds. The van der Waals surface area contributed by atoms with Crippen molar-refractivity contribution in [2.24, 2.45) is 17.8 Å². The molecule has 1 rings (SSSR count). The molecule has 1 saturated carbocycles. The molecule has 0 radical (unpaired) electrons. The molecule has 78 valence electrons. The highest BCUT2D eigenvalue weighted by Crippen LogP contribution is 2.38. The van der Waals surface area contributed by atoms with Crippen LogP contribution in [0.15, 0.2) is 0 Å². The second-order valence-electron chi connectivity index (χ2n) is 4.43. The fraction of sp³-hybridized carbons (Fsp3) is 1.00. The summed E-state index contributed by atoms with van der Waals surface area (Å²) in [6.45, 7) is 7.05. The molecule has 2 heteroatoms. The van der Waals surface area contributed by atoms with Gasteiger partial charge in [-0.15, -0.1) is 0 Å². The minimum Gasteiger partial charge on any atom is -0.368 e. The van der Waals surface area contributed by atoms with E-state index in [0.717, 1.165) is 24.2 Å². The Bertz CT molecular complexity index is 145. The van der Waals surface area contributed by atoms with Crippen molar-refractivity contribution < 1.29 is 9.84 Å². The summed E-state index contributed by atoms with van der Waals surface area (Å²) in [5.74, 6) is 2.52. The van der Waals surface area contributed by atoms with Crippen LogP contribution in [0.4, 0.5) is 0 Å². The Kier molecular flexibility index (Phi) is 4.20. The Hall–Kier alpha value is -0.0800. The van der Waals surface area contributed by atoms with E-state index < -0.39 is 6.29 Å². The highest BCUT2D eigenvalue weighted by molar-refractivity contribution is 4.79. The van der Waals surface area contributed by atoms with E-state index in [9.17, 15) is 0 Å². The zero-order valence-corrected chi connectivity index (χ0v) is 8.99. The molecule has 1 N–H and O–H groups in total. The standard InChI is InChI=1S/C11H22O2/c1-8-4-5-11(9(8)2)6-7-13-10(3)12/h8-12H,4-7H2,1-3H3. The number of aliphatic hydroxyl groups is 1. The molecule has 0 heterocycles. The summed E-state index contributed by atoms with van der Waals surface area (Å²) < 4.78 is 5.14. The quantitative estimate of drug-likeness (QED) is 0.683.